The Hall–Kier alpha value is -2.51. The number of fused-ring (bicyclic) bond motifs is 3. The van der Waals surface area contributed by atoms with E-state index in [1.54, 1.807) is 24.3 Å². The van der Waals surface area contributed by atoms with Crippen molar-refractivity contribution < 1.29 is 14.2 Å². The summed E-state index contributed by atoms with van der Waals surface area (Å²) in [6.07, 6.45) is 0.304. The van der Waals surface area contributed by atoms with Gasteiger partial charge in [0, 0.05) is 5.56 Å². The Bertz CT molecular complexity index is 916. The number of hydrogen-bond acceptors (Lipinski definition) is 3. The Balaban J connectivity index is 1.83. The van der Waals surface area contributed by atoms with Crippen LogP contribution in [-0.2, 0) is 10.7 Å². The van der Waals surface area contributed by atoms with Gasteiger partial charge >= 0.3 is 0 Å². The molecule has 4 rings (SSSR count). The van der Waals surface area contributed by atoms with E-state index < -0.39 is 7.37 Å². The molecule has 3 nitrogen and oxygen atoms in total. The highest BCUT2D eigenvalue weighted by Crippen LogP contribution is 2.56. The first kappa shape index (κ1) is 14.1. The molecular weight excluding hydrogens is 307 g/mol. The topological polar surface area (TPSA) is 46.5 Å². The van der Waals surface area contributed by atoms with Gasteiger partial charge in [-0.05, 0) is 35.4 Å². The average molecular weight is 322 g/mol. The van der Waals surface area contributed by atoms with Gasteiger partial charge in [-0.1, -0.05) is 48.5 Å². The van der Waals surface area contributed by atoms with E-state index in [1.807, 2.05) is 48.5 Å². The van der Waals surface area contributed by atoms with Crippen LogP contribution >= 0.6 is 7.37 Å². The van der Waals surface area contributed by atoms with Gasteiger partial charge in [0.05, 0.1) is 11.5 Å². The van der Waals surface area contributed by atoms with Crippen LogP contribution in [0.2, 0.25) is 0 Å². The van der Waals surface area contributed by atoms with E-state index in [4.69, 9.17) is 4.52 Å². The summed E-state index contributed by atoms with van der Waals surface area (Å²) in [6.45, 7) is 0. The average Bonchev–Trinajstić information content (AvgIpc) is 2.57. The van der Waals surface area contributed by atoms with Crippen LogP contribution in [0.15, 0.2) is 72.8 Å². The van der Waals surface area contributed by atoms with Gasteiger partial charge in [0.25, 0.3) is 7.37 Å². The minimum absolute atomic E-state index is 0.197. The molecule has 3 aromatic carbocycles. The van der Waals surface area contributed by atoms with Crippen molar-refractivity contribution in [2.45, 2.75) is 6.16 Å². The van der Waals surface area contributed by atoms with Crippen LogP contribution in [0, 0.1) is 0 Å². The van der Waals surface area contributed by atoms with E-state index in [2.05, 4.69) is 0 Å². The smallest absolute Gasteiger partial charge is 0.282 e. The molecule has 1 N–H and O–H groups in total. The Morgan fingerprint density at radius 3 is 2.26 bits per heavy atom. The molecule has 23 heavy (non-hydrogen) atoms. The standard InChI is InChI=1S/C19H15O3P/c20-15-11-9-14(10-12-15)13-23(21)19-8-4-2-6-17(19)16-5-1-3-7-18(16)22-23/h1-12,20H,13H2. The Kier molecular flexibility index (Phi) is 3.24. The first-order valence-electron chi connectivity index (χ1n) is 7.41. The van der Waals surface area contributed by atoms with Crippen LogP contribution in [0.3, 0.4) is 0 Å². The first-order valence-corrected chi connectivity index (χ1v) is 9.22. The van der Waals surface area contributed by atoms with Crippen molar-refractivity contribution >= 4 is 12.7 Å². The predicted octanol–water partition coefficient (Wildman–Crippen LogP) is 4.56. The molecule has 0 aromatic heterocycles. The SMILES string of the molecule is O=P1(Cc2ccc(O)cc2)Oc2ccccc2-c2ccccc21. The molecule has 0 fully saturated rings. The van der Waals surface area contributed by atoms with Crippen LogP contribution in [0.1, 0.15) is 5.56 Å². The summed E-state index contributed by atoms with van der Waals surface area (Å²) in [5.41, 5.74) is 2.82. The number of phenols is 1. The third-order valence-electron chi connectivity index (χ3n) is 4.02. The zero-order valence-corrected chi connectivity index (χ0v) is 13.2. The Morgan fingerprint density at radius 1 is 0.826 bits per heavy atom. The monoisotopic (exact) mass is 322 g/mol. The van der Waals surface area contributed by atoms with Crippen LogP contribution in [-0.4, -0.2) is 5.11 Å². The molecule has 0 aliphatic carbocycles. The van der Waals surface area contributed by atoms with Crippen LogP contribution in [0.25, 0.3) is 11.1 Å². The van der Waals surface area contributed by atoms with Crippen molar-refractivity contribution in [1.82, 2.24) is 0 Å². The van der Waals surface area contributed by atoms with Crippen LogP contribution in [0.5, 0.6) is 11.5 Å². The maximum atomic E-state index is 13.6. The lowest BCUT2D eigenvalue weighted by Gasteiger charge is -2.28. The van der Waals surface area contributed by atoms with Crippen LogP contribution < -0.4 is 9.83 Å². The molecule has 0 saturated heterocycles. The molecule has 1 heterocycles. The molecule has 4 heteroatoms. The van der Waals surface area contributed by atoms with Gasteiger partial charge in [-0.3, -0.25) is 4.57 Å². The second kappa shape index (κ2) is 5.29. The number of hydrogen-bond donors (Lipinski definition) is 1. The van der Waals surface area contributed by atoms with E-state index in [0.717, 1.165) is 22.0 Å². The molecule has 1 aliphatic heterocycles. The summed E-state index contributed by atoms with van der Waals surface area (Å²) in [5.74, 6) is 0.857. The van der Waals surface area contributed by atoms with E-state index in [-0.39, 0.29) is 5.75 Å². The van der Waals surface area contributed by atoms with Gasteiger partial charge in [-0.15, -0.1) is 0 Å². The van der Waals surface area contributed by atoms with Crippen molar-refractivity contribution in [3.05, 3.63) is 78.4 Å². The van der Waals surface area contributed by atoms with Gasteiger partial charge < -0.3 is 9.63 Å². The first-order chi connectivity index (χ1) is 11.2. The maximum absolute atomic E-state index is 13.6. The van der Waals surface area contributed by atoms with Crippen molar-refractivity contribution in [3.63, 3.8) is 0 Å². The summed E-state index contributed by atoms with van der Waals surface area (Å²) >= 11 is 0. The number of rotatable bonds is 2. The molecule has 114 valence electrons. The summed E-state index contributed by atoms with van der Waals surface area (Å²) in [5, 5.41) is 10.2. The van der Waals surface area contributed by atoms with Crippen molar-refractivity contribution in [3.8, 4) is 22.6 Å². The summed E-state index contributed by atoms with van der Waals surface area (Å²) in [6, 6.07) is 22.2. The lowest BCUT2D eigenvalue weighted by Crippen LogP contribution is -2.18. The normalized spacial score (nSPS) is 18.6. The Labute approximate surface area is 134 Å². The highest BCUT2D eigenvalue weighted by Gasteiger charge is 2.35. The van der Waals surface area contributed by atoms with Crippen molar-refractivity contribution in [2.75, 3.05) is 0 Å². The lowest BCUT2D eigenvalue weighted by atomic mass is 10.0. The fraction of sp³-hybridized carbons (Fsp3) is 0.0526. The van der Waals surface area contributed by atoms with E-state index in [0.29, 0.717) is 11.9 Å². The minimum Gasteiger partial charge on any atom is -0.508 e. The molecule has 1 atom stereocenters. The van der Waals surface area contributed by atoms with Crippen LogP contribution in [0.4, 0.5) is 0 Å². The molecule has 0 amide bonds. The zero-order chi connectivity index (χ0) is 15.9. The fourth-order valence-electron chi connectivity index (χ4n) is 2.93. The third-order valence-corrected chi connectivity index (χ3v) is 6.42. The molecule has 1 aliphatic rings. The summed E-state index contributed by atoms with van der Waals surface area (Å²) in [7, 11) is -3.05. The Morgan fingerprint density at radius 2 is 1.48 bits per heavy atom. The predicted molar refractivity (Wildman–Crippen MR) is 91.6 cm³/mol. The van der Waals surface area contributed by atoms with Gasteiger partial charge in [-0.2, -0.15) is 0 Å². The highest BCUT2D eigenvalue weighted by molar-refractivity contribution is 7.67. The third kappa shape index (κ3) is 2.43. The largest absolute Gasteiger partial charge is 0.508 e. The van der Waals surface area contributed by atoms with E-state index in [9.17, 15) is 9.67 Å². The van der Waals surface area contributed by atoms with Gasteiger partial charge in [0.1, 0.15) is 11.5 Å². The number of aromatic hydroxyl groups is 1. The molecule has 1 unspecified atom stereocenters. The summed E-state index contributed by atoms with van der Waals surface area (Å²) < 4.78 is 19.6. The molecule has 3 aromatic rings. The number of para-hydroxylation sites is 1. The molecule has 0 saturated carbocycles. The van der Waals surface area contributed by atoms with Gasteiger partial charge in [0.2, 0.25) is 0 Å². The molecule has 0 radical (unpaired) electrons. The zero-order valence-electron chi connectivity index (χ0n) is 12.3. The second-order valence-electron chi connectivity index (χ2n) is 5.60. The van der Waals surface area contributed by atoms with Crippen molar-refractivity contribution in [2.24, 2.45) is 0 Å². The number of benzene rings is 3. The molecule has 0 spiro atoms. The molecule has 0 bridgehead atoms. The summed E-state index contributed by atoms with van der Waals surface area (Å²) in [4.78, 5) is 0. The van der Waals surface area contributed by atoms with Crippen molar-refractivity contribution in [1.29, 1.82) is 0 Å². The quantitative estimate of drug-likeness (QED) is 0.704. The van der Waals surface area contributed by atoms with E-state index >= 15 is 0 Å². The number of phenolic OH excluding ortho intramolecular Hbond substituents is 1. The van der Waals surface area contributed by atoms with Gasteiger partial charge in [-0.25, -0.2) is 0 Å². The highest BCUT2D eigenvalue weighted by atomic mass is 31.2. The minimum atomic E-state index is -3.05. The second-order valence-corrected chi connectivity index (χ2v) is 7.93. The van der Waals surface area contributed by atoms with E-state index in [1.165, 1.54) is 0 Å². The maximum Gasteiger partial charge on any atom is 0.282 e. The fourth-order valence-corrected chi connectivity index (χ4v) is 5.31. The molecular formula is C19H15O3P. The van der Waals surface area contributed by atoms with Gasteiger partial charge in [0.15, 0.2) is 0 Å². The lowest BCUT2D eigenvalue weighted by molar-refractivity contribution is 0.474.